The van der Waals surface area contributed by atoms with Gasteiger partial charge in [0.2, 0.25) is 0 Å². The van der Waals surface area contributed by atoms with Crippen molar-refractivity contribution in [1.82, 2.24) is 10.6 Å². The predicted molar refractivity (Wildman–Crippen MR) is 137 cm³/mol. The first-order chi connectivity index (χ1) is 14.6. The highest BCUT2D eigenvalue weighted by Crippen LogP contribution is 2.19. The second-order valence-electron chi connectivity index (χ2n) is 6.93. The van der Waals surface area contributed by atoms with Gasteiger partial charge in [0.05, 0.1) is 18.1 Å². The summed E-state index contributed by atoms with van der Waals surface area (Å²) in [5, 5.41) is 18.3. The van der Waals surface area contributed by atoms with Crippen LogP contribution in [-0.2, 0) is 11.3 Å². The molecule has 0 aliphatic carbocycles. The van der Waals surface area contributed by atoms with Crippen LogP contribution in [0.2, 0.25) is 5.02 Å². The largest absolute Gasteiger partial charge is 0.381 e. The number of nitro benzene ring substituents is 1. The van der Waals surface area contributed by atoms with Gasteiger partial charge in [-0.25, -0.2) is 4.99 Å². The zero-order valence-corrected chi connectivity index (χ0v) is 20.9. The van der Waals surface area contributed by atoms with Crippen molar-refractivity contribution in [3.05, 3.63) is 69.2 Å². The highest BCUT2D eigenvalue weighted by molar-refractivity contribution is 14.0. The molecule has 1 saturated heterocycles. The van der Waals surface area contributed by atoms with E-state index in [2.05, 4.69) is 15.6 Å². The van der Waals surface area contributed by atoms with Gasteiger partial charge < -0.3 is 15.4 Å². The summed E-state index contributed by atoms with van der Waals surface area (Å²) < 4.78 is 5.44. The Kier molecular flexibility index (Phi) is 11.4. The molecule has 31 heavy (non-hydrogen) atoms. The van der Waals surface area contributed by atoms with Crippen molar-refractivity contribution in [3.8, 4) is 0 Å². The maximum absolute atomic E-state index is 10.8. The Labute approximate surface area is 208 Å². The fourth-order valence-corrected chi connectivity index (χ4v) is 3.82. The molecular weight excluding hydrogens is 551 g/mol. The van der Waals surface area contributed by atoms with Gasteiger partial charge >= 0.3 is 0 Å². The maximum atomic E-state index is 10.8. The van der Waals surface area contributed by atoms with Crippen molar-refractivity contribution >= 4 is 59.0 Å². The Balaban J connectivity index is 0.00000341. The molecule has 2 aromatic rings. The zero-order valence-electron chi connectivity index (χ0n) is 17.0. The molecule has 0 amide bonds. The standard InChI is InChI=1S/C21H25ClN4O3S.HI/c22-18-3-7-20(8-4-18)30-12-10-23-21(25-14-17-9-11-29-15-17)24-13-16-1-5-19(6-2-16)26(27)28;/h1-8,17H,9-15H2,(H2,23,24,25);1H. The number of ether oxygens (including phenoxy) is 1. The molecule has 10 heteroatoms. The van der Waals surface area contributed by atoms with Gasteiger partial charge in [-0.2, -0.15) is 0 Å². The molecule has 1 atom stereocenters. The highest BCUT2D eigenvalue weighted by atomic mass is 127. The quantitative estimate of drug-likeness (QED) is 0.0854. The number of guanidine groups is 1. The van der Waals surface area contributed by atoms with Gasteiger partial charge in [0, 0.05) is 53.4 Å². The number of hydrogen-bond donors (Lipinski definition) is 2. The molecule has 0 radical (unpaired) electrons. The van der Waals surface area contributed by atoms with Gasteiger partial charge in [0.15, 0.2) is 5.96 Å². The zero-order chi connectivity index (χ0) is 21.2. The van der Waals surface area contributed by atoms with Gasteiger partial charge in [-0.15, -0.1) is 35.7 Å². The Morgan fingerprint density at radius 3 is 2.58 bits per heavy atom. The molecule has 1 heterocycles. The minimum absolute atomic E-state index is 0. The van der Waals surface area contributed by atoms with Crippen molar-refractivity contribution in [2.75, 3.05) is 32.1 Å². The monoisotopic (exact) mass is 576 g/mol. The summed E-state index contributed by atoms with van der Waals surface area (Å²) in [4.78, 5) is 16.2. The van der Waals surface area contributed by atoms with Gasteiger partial charge in [-0.05, 0) is 36.2 Å². The van der Waals surface area contributed by atoms with Crippen molar-refractivity contribution in [1.29, 1.82) is 0 Å². The lowest BCUT2D eigenvalue weighted by molar-refractivity contribution is -0.384. The third-order valence-corrected chi connectivity index (χ3v) is 5.89. The van der Waals surface area contributed by atoms with Gasteiger partial charge in [-0.1, -0.05) is 23.7 Å². The number of nitro groups is 1. The van der Waals surface area contributed by atoms with Crippen LogP contribution < -0.4 is 10.6 Å². The first-order valence-electron chi connectivity index (χ1n) is 9.82. The minimum Gasteiger partial charge on any atom is -0.381 e. The molecule has 1 fully saturated rings. The SMILES string of the molecule is I.O=[N+]([O-])c1ccc(CN=C(NCCSc2ccc(Cl)cc2)NCC2CCOC2)cc1. The molecule has 0 saturated carbocycles. The highest BCUT2D eigenvalue weighted by Gasteiger charge is 2.15. The Morgan fingerprint density at radius 1 is 1.19 bits per heavy atom. The van der Waals surface area contributed by atoms with Crippen LogP contribution in [0, 0.1) is 16.0 Å². The third kappa shape index (κ3) is 9.22. The molecule has 1 aliphatic heterocycles. The first kappa shape index (κ1) is 25.7. The van der Waals surface area contributed by atoms with Crippen LogP contribution in [0.3, 0.4) is 0 Å². The van der Waals surface area contributed by atoms with E-state index in [9.17, 15) is 10.1 Å². The molecule has 7 nitrogen and oxygen atoms in total. The van der Waals surface area contributed by atoms with Crippen molar-refractivity contribution in [2.24, 2.45) is 10.9 Å². The number of rotatable bonds is 9. The maximum Gasteiger partial charge on any atom is 0.269 e. The Morgan fingerprint density at radius 2 is 1.94 bits per heavy atom. The molecule has 1 unspecified atom stereocenters. The second kappa shape index (κ2) is 13.8. The van der Waals surface area contributed by atoms with Crippen LogP contribution in [-0.4, -0.2) is 42.9 Å². The molecule has 0 aromatic heterocycles. The number of halogens is 2. The molecule has 2 aromatic carbocycles. The Bertz CT molecular complexity index is 847. The lowest BCUT2D eigenvalue weighted by Crippen LogP contribution is -2.41. The summed E-state index contributed by atoms with van der Waals surface area (Å²) in [7, 11) is 0. The van der Waals surface area contributed by atoms with Crippen molar-refractivity contribution in [3.63, 3.8) is 0 Å². The molecule has 2 N–H and O–H groups in total. The molecule has 1 aliphatic rings. The fraction of sp³-hybridized carbons (Fsp3) is 0.381. The van der Waals surface area contributed by atoms with Crippen LogP contribution in [0.5, 0.6) is 0 Å². The van der Waals surface area contributed by atoms with E-state index < -0.39 is 4.92 Å². The second-order valence-corrected chi connectivity index (χ2v) is 8.53. The summed E-state index contributed by atoms with van der Waals surface area (Å²) in [6, 6.07) is 14.3. The van der Waals surface area contributed by atoms with Gasteiger partial charge in [-0.3, -0.25) is 10.1 Å². The number of aliphatic imine (C=N–C) groups is 1. The average molecular weight is 577 g/mol. The number of benzene rings is 2. The van der Waals surface area contributed by atoms with E-state index in [1.54, 1.807) is 23.9 Å². The summed E-state index contributed by atoms with van der Waals surface area (Å²) in [6.07, 6.45) is 1.05. The van der Waals surface area contributed by atoms with Crippen LogP contribution in [0.15, 0.2) is 58.4 Å². The van der Waals surface area contributed by atoms with Crippen LogP contribution in [0.1, 0.15) is 12.0 Å². The van der Waals surface area contributed by atoms with E-state index in [-0.39, 0.29) is 29.7 Å². The summed E-state index contributed by atoms with van der Waals surface area (Å²) in [5.41, 5.74) is 1.00. The molecule has 168 valence electrons. The van der Waals surface area contributed by atoms with E-state index in [4.69, 9.17) is 16.3 Å². The number of hydrogen-bond acceptors (Lipinski definition) is 5. The number of nitrogens with one attached hydrogen (secondary N) is 2. The topological polar surface area (TPSA) is 88.8 Å². The fourth-order valence-electron chi connectivity index (χ4n) is 2.92. The summed E-state index contributed by atoms with van der Waals surface area (Å²) in [5.74, 6) is 2.10. The lowest BCUT2D eigenvalue weighted by atomic mass is 10.1. The number of nitrogens with zero attached hydrogens (tertiary/aromatic N) is 2. The van der Waals surface area contributed by atoms with Crippen LogP contribution in [0.4, 0.5) is 5.69 Å². The third-order valence-electron chi connectivity index (χ3n) is 4.63. The molecule has 0 spiro atoms. The minimum atomic E-state index is -0.399. The normalized spacial score (nSPS) is 15.9. The van der Waals surface area contributed by atoms with Crippen LogP contribution in [0.25, 0.3) is 0 Å². The number of thioether (sulfide) groups is 1. The Hall–Kier alpha value is -1.56. The van der Waals surface area contributed by atoms with Crippen LogP contribution >= 0.6 is 47.3 Å². The van der Waals surface area contributed by atoms with E-state index in [1.165, 1.54) is 17.0 Å². The van der Waals surface area contributed by atoms with Crippen molar-refractivity contribution < 1.29 is 9.66 Å². The number of non-ortho nitro benzene ring substituents is 1. The van der Waals surface area contributed by atoms with E-state index >= 15 is 0 Å². The van der Waals surface area contributed by atoms with E-state index in [0.29, 0.717) is 12.5 Å². The van der Waals surface area contributed by atoms with E-state index in [0.717, 1.165) is 55.0 Å². The lowest BCUT2D eigenvalue weighted by Gasteiger charge is -2.15. The molecular formula is C21H26ClIN4O3S. The first-order valence-corrected chi connectivity index (χ1v) is 11.2. The molecule has 3 rings (SSSR count). The summed E-state index contributed by atoms with van der Waals surface area (Å²) in [6.45, 7) is 3.58. The van der Waals surface area contributed by atoms with Crippen molar-refractivity contribution in [2.45, 2.75) is 17.9 Å². The average Bonchev–Trinajstić information content (AvgIpc) is 3.27. The predicted octanol–water partition coefficient (Wildman–Crippen LogP) is 4.73. The van der Waals surface area contributed by atoms with E-state index in [1.807, 2.05) is 24.3 Å². The smallest absolute Gasteiger partial charge is 0.269 e. The van der Waals surface area contributed by atoms with Gasteiger partial charge in [0.25, 0.3) is 5.69 Å². The van der Waals surface area contributed by atoms with Gasteiger partial charge in [0.1, 0.15) is 0 Å². The molecule has 0 bridgehead atoms. The summed E-state index contributed by atoms with van der Waals surface area (Å²) >= 11 is 7.67.